The van der Waals surface area contributed by atoms with E-state index in [-0.39, 0.29) is 11.1 Å². The minimum Gasteiger partial charge on any atom is -0.465 e. The quantitative estimate of drug-likeness (QED) is 0.660. The number of pyridine rings is 1. The Labute approximate surface area is 133 Å². The van der Waals surface area contributed by atoms with Crippen LogP contribution in [0.4, 0.5) is 11.4 Å². The van der Waals surface area contributed by atoms with Gasteiger partial charge in [-0.3, -0.25) is 10.2 Å². The smallest absolute Gasteiger partial charge is 0.337 e. The number of hydrazine groups is 1. The third-order valence-corrected chi connectivity index (χ3v) is 3.40. The van der Waals surface area contributed by atoms with Gasteiger partial charge < -0.3 is 14.7 Å². The summed E-state index contributed by atoms with van der Waals surface area (Å²) in [6, 6.07) is 8.60. The third-order valence-electron chi connectivity index (χ3n) is 3.40. The summed E-state index contributed by atoms with van der Waals surface area (Å²) >= 11 is 0. The molecule has 0 fully saturated rings. The number of anilines is 2. The number of nitrogens with one attached hydrogen (secondary N) is 2. The number of nitriles is 1. The summed E-state index contributed by atoms with van der Waals surface area (Å²) in [7, 11) is 2.91. The molecule has 0 aliphatic rings. The van der Waals surface area contributed by atoms with E-state index in [1.807, 2.05) is 6.07 Å². The first-order valence-electron chi connectivity index (χ1n) is 6.78. The van der Waals surface area contributed by atoms with Gasteiger partial charge in [0.1, 0.15) is 11.6 Å². The molecule has 0 spiro atoms. The first-order chi connectivity index (χ1) is 11.0. The number of ether oxygens (including phenoxy) is 1. The van der Waals surface area contributed by atoms with Crippen LogP contribution in [0.1, 0.15) is 21.5 Å². The van der Waals surface area contributed by atoms with Gasteiger partial charge in [-0.05, 0) is 36.8 Å². The van der Waals surface area contributed by atoms with E-state index in [1.54, 1.807) is 44.4 Å². The summed E-state index contributed by atoms with van der Waals surface area (Å²) in [6.07, 6.45) is 1.61. The van der Waals surface area contributed by atoms with Gasteiger partial charge in [-0.1, -0.05) is 0 Å². The molecule has 1 heterocycles. The molecule has 1 aromatic carbocycles. The lowest BCUT2D eigenvalue weighted by atomic mass is 10.1. The maximum atomic E-state index is 11.8. The number of methoxy groups -OCH3 is 1. The first kappa shape index (κ1) is 16.1. The number of esters is 1. The number of rotatable bonds is 4. The summed E-state index contributed by atoms with van der Waals surface area (Å²) in [6.45, 7) is 1.70. The average molecular weight is 312 g/mol. The fourth-order valence-corrected chi connectivity index (χ4v) is 2.03. The maximum Gasteiger partial charge on any atom is 0.337 e. The predicted molar refractivity (Wildman–Crippen MR) is 86.2 cm³/mol. The molecule has 23 heavy (non-hydrogen) atoms. The van der Waals surface area contributed by atoms with Gasteiger partial charge in [0, 0.05) is 13.2 Å². The molecule has 1 aromatic heterocycles. The van der Waals surface area contributed by atoms with Gasteiger partial charge in [-0.2, -0.15) is 5.26 Å². The lowest BCUT2D eigenvalue weighted by molar-refractivity contribution is 0.0601. The summed E-state index contributed by atoms with van der Waals surface area (Å²) in [4.78, 5) is 23.2. The van der Waals surface area contributed by atoms with Crippen molar-refractivity contribution in [3.63, 3.8) is 0 Å². The monoisotopic (exact) mass is 312 g/mol. The summed E-state index contributed by atoms with van der Waals surface area (Å²) in [5, 5.41) is 9.08. The third kappa shape index (κ3) is 3.32. The fraction of sp³-hybridized carbons (Fsp3) is 0.188. The molecule has 0 unspecified atom stereocenters. The zero-order chi connectivity index (χ0) is 17.0. The van der Waals surface area contributed by atoms with Crippen LogP contribution < -0.4 is 16.4 Å². The number of aromatic nitrogens is 1. The number of aryl methyl sites for hydroxylation is 1. The van der Waals surface area contributed by atoms with E-state index >= 15 is 0 Å². The predicted octanol–water partition coefficient (Wildman–Crippen LogP) is 1.79. The summed E-state index contributed by atoms with van der Waals surface area (Å²) in [5.41, 5.74) is 8.01. The number of benzene rings is 1. The molecule has 2 aromatic rings. The van der Waals surface area contributed by atoms with Gasteiger partial charge in [-0.15, -0.1) is 0 Å². The SMILES string of the molecule is COC(=O)c1ccc(NNc2cn(C)c(=O)c(C#N)c2C)cc1. The fourth-order valence-electron chi connectivity index (χ4n) is 2.03. The van der Waals surface area contributed by atoms with Crippen LogP contribution in [-0.2, 0) is 11.8 Å². The van der Waals surface area contributed by atoms with E-state index in [9.17, 15) is 9.59 Å². The second kappa shape index (κ2) is 6.66. The Morgan fingerprint density at radius 3 is 2.48 bits per heavy atom. The average Bonchev–Trinajstić information content (AvgIpc) is 2.57. The molecule has 7 nitrogen and oxygen atoms in total. The Kier molecular flexibility index (Phi) is 4.66. The van der Waals surface area contributed by atoms with E-state index in [2.05, 4.69) is 15.6 Å². The normalized spacial score (nSPS) is 9.83. The van der Waals surface area contributed by atoms with Crippen LogP contribution >= 0.6 is 0 Å². The highest BCUT2D eigenvalue weighted by Gasteiger charge is 2.10. The van der Waals surface area contributed by atoms with Crippen molar-refractivity contribution in [3.8, 4) is 6.07 Å². The van der Waals surface area contributed by atoms with Crippen LogP contribution in [0.5, 0.6) is 0 Å². The minimum absolute atomic E-state index is 0.0975. The zero-order valence-electron chi connectivity index (χ0n) is 13.0. The lowest BCUT2D eigenvalue weighted by Crippen LogP contribution is -2.23. The van der Waals surface area contributed by atoms with Gasteiger partial charge in [0.25, 0.3) is 5.56 Å². The Morgan fingerprint density at radius 2 is 1.91 bits per heavy atom. The maximum absolute atomic E-state index is 11.8. The second-order valence-electron chi connectivity index (χ2n) is 4.89. The number of carbonyl (C=O) groups excluding carboxylic acids is 1. The molecule has 7 heteroatoms. The van der Waals surface area contributed by atoms with E-state index in [1.165, 1.54) is 11.7 Å². The molecule has 0 radical (unpaired) electrons. The van der Waals surface area contributed by atoms with Crippen LogP contribution in [0.3, 0.4) is 0 Å². The Morgan fingerprint density at radius 1 is 1.26 bits per heavy atom. The largest absolute Gasteiger partial charge is 0.465 e. The van der Waals surface area contributed by atoms with E-state index < -0.39 is 5.97 Å². The van der Waals surface area contributed by atoms with Crippen molar-refractivity contribution < 1.29 is 9.53 Å². The van der Waals surface area contributed by atoms with Crippen LogP contribution in [0, 0.1) is 18.3 Å². The lowest BCUT2D eigenvalue weighted by Gasteiger charge is -2.14. The second-order valence-corrected chi connectivity index (χ2v) is 4.89. The molecule has 0 atom stereocenters. The van der Waals surface area contributed by atoms with Crippen molar-refractivity contribution in [1.82, 2.24) is 4.57 Å². The minimum atomic E-state index is -0.405. The molecule has 118 valence electrons. The summed E-state index contributed by atoms with van der Waals surface area (Å²) in [5.74, 6) is -0.405. The number of hydrogen-bond acceptors (Lipinski definition) is 6. The van der Waals surface area contributed by atoms with Gasteiger partial charge in [0.05, 0.1) is 24.0 Å². The topological polar surface area (TPSA) is 96.2 Å². The zero-order valence-corrected chi connectivity index (χ0v) is 13.0. The van der Waals surface area contributed by atoms with Crippen molar-refractivity contribution in [3.05, 3.63) is 57.5 Å². The Hall–Kier alpha value is -3.27. The van der Waals surface area contributed by atoms with Gasteiger partial charge in [0.15, 0.2) is 0 Å². The van der Waals surface area contributed by atoms with Crippen molar-refractivity contribution >= 4 is 17.3 Å². The van der Waals surface area contributed by atoms with Crippen LogP contribution in [0.2, 0.25) is 0 Å². The number of hydrogen-bond donors (Lipinski definition) is 2. The standard InChI is InChI=1S/C16H16N4O3/c1-10-13(8-17)15(21)20(2)9-14(10)19-18-12-6-4-11(5-7-12)16(22)23-3/h4-7,9,18-19H,1-3H3. The molecule has 0 aliphatic heterocycles. The Bertz CT molecular complexity index is 832. The van der Waals surface area contributed by atoms with Crippen LogP contribution in [0.15, 0.2) is 35.3 Å². The van der Waals surface area contributed by atoms with Gasteiger partial charge >= 0.3 is 5.97 Å². The van der Waals surface area contributed by atoms with Crippen molar-refractivity contribution in [1.29, 1.82) is 5.26 Å². The highest BCUT2D eigenvalue weighted by atomic mass is 16.5. The molecule has 0 aliphatic carbocycles. The van der Waals surface area contributed by atoms with E-state index in [0.717, 1.165) is 0 Å². The number of carbonyl (C=O) groups is 1. The van der Waals surface area contributed by atoms with Crippen molar-refractivity contribution in [2.24, 2.45) is 7.05 Å². The molecular weight excluding hydrogens is 296 g/mol. The Balaban J connectivity index is 2.19. The number of nitrogens with zero attached hydrogens (tertiary/aromatic N) is 2. The highest BCUT2D eigenvalue weighted by Crippen LogP contribution is 2.16. The van der Waals surface area contributed by atoms with E-state index in [0.29, 0.717) is 22.5 Å². The highest BCUT2D eigenvalue weighted by molar-refractivity contribution is 5.89. The summed E-state index contributed by atoms with van der Waals surface area (Å²) < 4.78 is 5.98. The molecule has 0 amide bonds. The molecular formula is C16H16N4O3. The molecule has 0 bridgehead atoms. The van der Waals surface area contributed by atoms with Crippen LogP contribution in [0.25, 0.3) is 0 Å². The first-order valence-corrected chi connectivity index (χ1v) is 6.78. The molecule has 0 saturated carbocycles. The van der Waals surface area contributed by atoms with Crippen LogP contribution in [-0.4, -0.2) is 17.6 Å². The molecule has 2 N–H and O–H groups in total. The molecule has 2 rings (SSSR count). The molecule has 0 saturated heterocycles. The van der Waals surface area contributed by atoms with Gasteiger partial charge in [-0.25, -0.2) is 4.79 Å². The van der Waals surface area contributed by atoms with Crippen molar-refractivity contribution in [2.75, 3.05) is 18.0 Å². The van der Waals surface area contributed by atoms with Gasteiger partial charge in [0.2, 0.25) is 0 Å². The van der Waals surface area contributed by atoms with E-state index in [4.69, 9.17) is 5.26 Å². The van der Waals surface area contributed by atoms with Crippen molar-refractivity contribution in [2.45, 2.75) is 6.92 Å².